The SMILES string of the molecule is CO[Si](CBr)(OC)C1CCCCC1. The molecule has 4 heteroatoms. The van der Waals surface area contributed by atoms with Crippen LogP contribution in [0.1, 0.15) is 32.1 Å². The van der Waals surface area contributed by atoms with Crippen molar-refractivity contribution in [2.45, 2.75) is 37.6 Å². The smallest absolute Gasteiger partial charge is 0.351 e. The quantitative estimate of drug-likeness (QED) is 0.576. The summed E-state index contributed by atoms with van der Waals surface area (Å²) in [4.78, 5) is 0.900. The summed E-state index contributed by atoms with van der Waals surface area (Å²) in [7, 11) is 1.69. The molecule has 0 aliphatic heterocycles. The second kappa shape index (κ2) is 5.49. The Bertz CT molecular complexity index is 136. The molecule has 1 fully saturated rings. The average Bonchev–Trinajstić information content (AvgIpc) is 2.23. The van der Waals surface area contributed by atoms with Crippen LogP contribution in [0.5, 0.6) is 0 Å². The minimum atomic E-state index is -1.90. The van der Waals surface area contributed by atoms with Crippen LogP contribution in [0, 0.1) is 0 Å². The van der Waals surface area contributed by atoms with E-state index in [1.54, 1.807) is 14.2 Å². The Kier molecular flexibility index (Phi) is 4.93. The van der Waals surface area contributed by atoms with E-state index in [9.17, 15) is 0 Å². The van der Waals surface area contributed by atoms with Gasteiger partial charge in [-0.1, -0.05) is 35.2 Å². The third-order valence-electron chi connectivity index (χ3n) is 3.10. The van der Waals surface area contributed by atoms with Gasteiger partial charge in [0.05, 0.1) is 0 Å². The van der Waals surface area contributed by atoms with Crippen LogP contribution < -0.4 is 0 Å². The first-order valence-electron chi connectivity index (χ1n) is 4.95. The fourth-order valence-electron chi connectivity index (χ4n) is 2.18. The van der Waals surface area contributed by atoms with Gasteiger partial charge in [0, 0.05) is 24.7 Å². The molecule has 0 N–H and O–H groups in total. The first-order valence-corrected chi connectivity index (χ1v) is 8.17. The Labute approximate surface area is 90.4 Å². The maximum Gasteiger partial charge on any atom is 0.351 e. The molecule has 0 bridgehead atoms. The summed E-state index contributed by atoms with van der Waals surface area (Å²) in [5.74, 6) is 0. The topological polar surface area (TPSA) is 18.5 Å². The monoisotopic (exact) mass is 266 g/mol. The van der Waals surface area contributed by atoms with Crippen molar-refractivity contribution in [1.29, 1.82) is 0 Å². The summed E-state index contributed by atoms with van der Waals surface area (Å²) in [6.07, 6.45) is 6.66. The second-order valence-electron chi connectivity index (χ2n) is 3.69. The largest absolute Gasteiger partial charge is 0.397 e. The van der Waals surface area contributed by atoms with E-state index in [-0.39, 0.29) is 0 Å². The summed E-state index contributed by atoms with van der Waals surface area (Å²) in [6, 6.07) is 0. The van der Waals surface area contributed by atoms with Crippen LogP contribution in [0.3, 0.4) is 0 Å². The molecule has 0 unspecified atom stereocenters. The van der Waals surface area contributed by atoms with Gasteiger partial charge >= 0.3 is 8.56 Å². The molecule has 0 amide bonds. The van der Waals surface area contributed by atoms with Crippen LogP contribution in [0.2, 0.25) is 5.54 Å². The maximum absolute atomic E-state index is 5.65. The Balaban J connectivity index is 2.60. The third kappa shape index (κ3) is 2.55. The van der Waals surface area contributed by atoms with Gasteiger partial charge in [-0.05, 0) is 12.8 Å². The van der Waals surface area contributed by atoms with E-state index in [2.05, 4.69) is 15.9 Å². The van der Waals surface area contributed by atoms with Gasteiger partial charge in [0.25, 0.3) is 0 Å². The lowest BCUT2D eigenvalue weighted by atomic mass is 10.0. The van der Waals surface area contributed by atoms with Crippen LogP contribution in [0.4, 0.5) is 0 Å². The van der Waals surface area contributed by atoms with E-state index in [1.165, 1.54) is 32.1 Å². The molecule has 0 atom stereocenters. The maximum atomic E-state index is 5.65. The summed E-state index contributed by atoms with van der Waals surface area (Å²) in [5, 5.41) is 0. The first kappa shape index (κ1) is 11.7. The van der Waals surface area contributed by atoms with Gasteiger partial charge < -0.3 is 8.85 Å². The molecule has 2 nitrogen and oxygen atoms in total. The van der Waals surface area contributed by atoms with E-state index in [0.29, 0.717) is 5.54 Å². The second-order valence-corrected chi connectivity index (χ2v) is 8.89. The van der Waals surface area contributed by atoms with Gasteiger partial charge in [0.15, 0.2) is 0 Å². The van der Waals surface area contributed by atoms with Crippen LogP contribution in [-0.2, 0) is 8.85 Å². The molecular weight excluding hydrogens is 248 g/mol. The zero-order valence-corrected chi connectivity index (χ0v) is 11.1. The van der Waals surface area contributed by atoms with E-state index in [0.717, 1.165) is 4.95 Å². The predicted octanol–water partition coefficient (Wildman–Crippen LogP) is 2.99. The van der Waals surface area contributed by atoms with Crippen molar-refractivity contribution >= 4 is 24.5 Å². The molecule has 1 rings (SSSR count). The van der Waals surface area contributed by atoms with Crippen molar-refractivity contribution in [3.8, 4) is 0 Å². The molecule has 1 aliphatic rings. The molecule has 0 spiro atoms. The Hall–Kier alpha value is 0.617. The van der Waals surface area contributed by atoms with Gasteiger partial charge in [-0.3, -0.25) is 0 Å². The molecule has 1 saturated carbocycles. The lowest BCUT2D eigenvalue weighted by Crippen LogP contribution is -2.48. The molecule has 78 valence electrons. The molecule has 1 aliphatic carbocycles. The van der Waals surface area contributed by atoms with Crippen LogP contribution >= 0.6 is 15.9 Å². The molecule has 0 heterocycles. The number of alkyl halides is 1. The summed E-state index contributed by atoms with van der Waals surface area (Å²) < 4.78 is 11.3. The molecule has 0 radical (unpaired) electrons. The summed E-state index contributed by atoms with van der Waals surface area (Å²) in [5.41, 5.74) is 0.690. The van der Waals surface area contributed by atoms with E-state index in [4.69, 9.17) is 8.85 Å². The fourth-order valence-corrected chi connectivity index (χ4v) is 7.48. The van der Waals surface area contributed by atoms with E-state index < -0.39 is 8.56 Å². The minimum Gasteiger partial charge on any atom is -0.397 e. The molecule has 0 aromatic carbocycles. The number of halogens is 1. The zero-order valence-electron chi connectivity index (χ0n) is 8.51. The van der Waals surface area contributed by atoms with Crippen molar-refractivity contribution in [2.75, 3.05) is 19.2 Å². The molecule has 0 aromatic heterocycles. The Morgan fingerprint density at radius 3 is 2.08 bits per heavy atom. The number of hydrogen-bond acceptors (Lipinski definition) is 2. The third-order valence-corrected chi connectivity index (χ3v) is 9.03. The van der Waals surface area contributed by atoms with Crippen molar-refractivity contribution in [1.82, 2.24) is 0 Å². The van der Waals surface area contributed by atoms with Crippen LogP contribution in [0.25, 0.3) is 0 Å². The lowest BCUT2D eigenvalue weighted by molar-refractivity contribution is 0.224. The Morgan fingerprint density at radius 1 is 1.15 bits per heavy atom. The molecule has 0 aromatic rings. The first-order chi connectivity index (χ1) is 6.29. The van der Waals surface area contributed by atoms with Gasteiger partial charge in [-0.15, -0.1) is 0 Å². The van der Waals surface area contributed by atoms with Gasteiger partial charge in [0.1, 0.15) is 0 Å². The van der Waals surface area contributed by atoms with Gasteiger partial charge in [-0.2, -0.15) is 0 Å². The Morgan fingerprint density at radius 2 is 1.69 bits per heavy atom. The highest BCUT2D eigenvalue weighted by Crippen LogP contribution is 2.38. The highest BCUT2D eigenvalue weighted by atomic mass is 79.9. The van der Waals surface area contributed by atoms with Crippen molar-refractivity contribution in [3.63, 3.8) is 0 Å². The highest BCUT2D eigenvalue weighted by Gasteiger charge is 2.43. The van der Waals surface area contributed by atoms with Crippen molar-refractivity contribution in [2.24, 2.45) is 0 Å². The summed E-state index contributed by atoms with van der Waals surface area (Å²) in [6.45, 7) is 0. The standard InChI is InChI=1S/C9H19BrO2Si/c1-11-13(8-10,12-2)9-6-4-3-5-7-9/h9H,3-8H2,1-2H3. The van der Waals surface area contributed by atoms with Crippen molar-refractivity contribution < 1.29 is 8.85 Å². The lowest BCUT2D eigenvalue weighted by Gasteiger charge is -2.35. The average molecular weight is 267 g/mol. The summed E-state index contributed by atoms with van der Waals surface area (Å²) >= 11 is 3.54. The van der Waals surface area contributed by atoms with Gasteiger partial charge in [-0.25, -0.2) is 0 Å². The fraction of sp³-hybridized carbons (Fsp3) is 1.00. The normalized spacial score (nSPS) is 20.5. The van der Waals surface area contributed by atoms with Crippen LogP contribution in [-0.4, -0.2) is 27.7 Å². The number of rotatable bonds is 4. The zero-order chi connectivity index (χ0) is 9.73. The minimum absolute atomic E-state index is 0.690. The molecule has 13 heavy (non-hydrogen) atoms. The molecule has 0 saturated heterocycles. The highest BCUT2D eigenvalue weighted by molar-refractivity contribution is 9.09. The van der Waals surface area contributed by atoms with Crippen LogP contribution in [0.15, 0.2) is 0 Å². The predicted molar refractivity (Wildman–Crippen MR) is 60.4 cm³/mol. The van der Waals surface area contributed by atoms with Crippen molar-refractivity contribution in [3.05, 3.63) is 0 Å². The van der Waals surface area contributed by atoms with Gasteiger partial charge in [0.2, 0.25) is 0 Å². The number of hydrogen-bond donors (Lipinski definition) is 0. The van der Waals surface area contributed by atoms with E-state index in [1.807, 2.05) is 0 Å². The van der Waals surface area contributed by atoms with E-state index >= 15 is 0 Å². The molecular formula is C9H19BrO2Si.